The smallest absolute Gasteiger partial charge is 0.193 e. The molecular formula is C19H29IN4S. The highest BCUT2D eigenvalue weighted by Crippen LogP contribution is 2.19. The third kappa shape index (κ3) is 6.58. The van der Waals surface area contributed by atoms with Gasteiger partial charge in [-0.3, -0.25) is 4.99 Å². The maximum absolute atomic E-state index is 4.68. The summed E-state index contributed by atoms with van der Waals surface area (Å²) in [6, 6.07) is 8.47. The van der Waals surface area contributed by atoms with Gasteiger partial charge < -0.3 is 10.2 Å². The monoisotopic (exact) mass is 472 g/mol. The molecule has 138 valence electrons. The Hall–Kier alpha value is -1.15. The van der Waals surface area contributed by atoms with E-state index in [1.165, 1.54) is 16.1 Å². The lowest BCUT2D eigenvalue weighted by Crippen LogP contribution is -2.39. The second kappa shape index (κ2) is 10.8. The Labute approximate surface area is 172 Å². The second-order valence-corrected chi connectivity index (χ2v) is 7.23. The van der Waals surface area contributed by atoms with Gasteiger partial charge in [0.15, 0.2) is 5.96 Å². The molecule has 6 heteroatoms. The third-order valence-corrected chi connectivity index (χ3v) is 5.16. The molecule has 1 N–H and O–H groups in total. The summed E-state index contributed by atoms with van der Waals surface area (Å²) in [5, 5.41) is 6.81. The van der Waals surface area contributed by atoms with Crippen LogP contribution in [-0.2, 0) is 13.0 Å². The van der Waals surface area contributed by atoms with Crippen LogP contribution in [-0.4, -0.2) is 36.5 Å². The number of nitrogens with one attached hydrogen (secondary N) is 1. The Bertz CT molecular complexity index is 682. The van der Waals surface area contributed by atoms with Crippen molar-refractivity contribution in [3.8, 4) is 0 Å². The topological polar surface area (TPSA) is 40.5 Å². The minimum absolute atomic E-state index is 0. The van der Waals surface area contributed by atoms with Crippen molar-refractivity contribution in [1.29, 1.82) is 0 Å². The minimum atomic E-state index is 0. The van der Waals surface area contributed by atoms with Gasteiger partial charge >= 0.3 is 0 Å². The van der Waals surface area contributed by atoms with E-state index in [1.54, 1.807) is 11.3 Å². The third-order valence-electron chi connectivity index (χ3n) is 3.97. The van der Waals surface area contributed by atoms with E-state index < -0.39 is 0 Å². The van der Waals surface area contributed by atoms with Gasteiger partial charge in [0, 0.05) is 44.9 Å². The molecular weight excluding hydrogens is 443 g/mol. The average molecular weight is 472 g/mol. The van der Waals surface area contributed by atoms with Crippen molar-refractivity contribution in [2.45, 2.75) is 39.7 Å². The lowest BCUT2D eigenvalue weighted by Gasteiger charge is -2.23. The summed E-state index contributed by atoms with van der Waals surface area (Å²) >= 11 is 1.75. The van der Waals surface area contributed by atoms with Crippen LogP contribution in [0.15, 0.2) is 34.6 Å². The van der Waals surface area contributed by atoms with Crippen molar-refractivity contribution in [3.05, 3.63) is 51.5 Å². The van der Waals surface area contributed by atoms with Crippen LogP contribution in [0.3, 0.4) is 0 Å². The molecule has 0 aliphatic heterocycles. The minimum Gasteiger partial charge on any atom is -0.356 e. The predicted octanol–water partition coefficient (Wildman–Crippen LogP) is 4.44. The average Bonchev–Trinajstić information content (AvgIpc) is 3.03. The number of aromatic nitrogens is 1. The first kappa shape index (κ1) is 21.9. The maximum Gasteiger partial charge on any atom is 0.193 e. The van der Waals surface area contributed by atoms with Gasteiger partial charge in [0.1, 0.15) is 0 Å². The summed E-state index contributed by atoms with van der Waals surface area (Å²) in [4.78, 5) is 11.2. The largest absolute Gasteiger partial charge is 0.356 e. The molecule has 0 aliphatic rings. The fraction of sp³-hybridized carbons (Fsp3) is 0.474. The molecule has 1 heterocycles. The Balaban J connectivity index is 0.00000312. The summed E-state index contributed by atoms with van der Waals surface area (Å²) in [7, 11) is 3.90. The normalized spacial score (nSPS) is 11.4. The number of thiazole rings is 1. The van der Waals surface area contributed by atoms with Crippen LogP contribution in [0.2, 0.25) is 0 Å². The number of hydrogen-bond donors (Lipinski definition) is 1. The molecule has 0 fully saturated rings. The van der Waals surface area contributed by atoms with E-state index in [0.717, 1.165) is 31.2 Å². The number of nitrogens with zero attached hydrogens (tertiary/aromatic N) is 3. The fourth-order valence-corrected chi connectivity index (χ4v) is 3.38. The fourth-order valence-electron chi connectivity index (χ4n) is 2.51. The summed E-state index contributed by atoms with van der Waals surface area (Å²) in [5.41, 5.74) is 3.79. The van der Waals surface area contributed by atoms with Gasteiger partial charge in [-0.15, -0.1) is 35.3 Å². The van der Waals surface area contributed by atoms with Gasteiger partial charge in [0.05, 0.1) is 10.7 Å². The molecule has 4 nitrogen and oxygen atoms in total. The zero-order valence-corrected chi connectivity index (χ0v) is 18.9. The van der Waals surface area contributed by atoms with Gasteiger partial charge in [-0.05, 0) is 18.1 Å². The Kier molecular flexibility index (Phi) is 9.42. The highest BCUT2D eigenvalue weighted by Gasteiger charge is 2.09. The molecule has 0 saturated carbocycles. The molecule has 0 unspecified atom stereocenters. The SMILES string of the molecule is CN=C(NCCc1csc(C(C)C)n1)N(C)Cc1ccccc1C.I. The van der Waals surface area contributed by atoms with Crippen LogP contribution in [0.4, 0.5) is 0 Å². The zero-order chi connectivity index (χ0) is 17.5. The summed E-state index contributed by atoms with van der Waals surface area (Å²) in [5.74, 6) is 1.42. The van der Waals surface area contributed by atoms with Gasteiger partial charge in [-0.2, -0.15) is 0 Å². The maximum atomic E-state index is 4.68. The van der Waals surface area contributed by atoms with E-state index >= 15 is 0 Å². The number of halogens is 1. The standard InChI is InChI=1S/C19H28N4S.HI/c1-14(2)18-22-17(13-24-18)10-11-21-19(20-4)23(5)12-16-9-7-6-8-15(16)3;/h6-9,13-14H,10-12H2,1-5H3,(H,20,21);1H. The van der Waals surface area contributed by atoms with Crippen molar-refractivity contribution in [1.82, 2.24) is 15.2 Å². The van der Waals surface area contributed by atoms with Gasteiger partial charge in [-0.1, -0.05) is 38.1 Å². The Morgan fingerprint density at radius 1 is 1.32 bits per heavy atom. The first-order valence-electron chi connectivity index (χ1n) is 8.41. The molecule has 1 aromatic carbocycles. The van der Waals surface area contributed by atoms with Crippen LogP contribution < -0.4 is 5.32 Å². The number of aryl methyl sites for hydroxylation is 1. The quantitative estimate of drug-likeness (QED) is 0.384. The van der Waals surface area contributed by atoms with E-state index in [2.05, 4.69) is 77.7 Å². The number of rotatable bonds is 6. The molecule has 0 atom stereocenters. The number of aliphatic imine (C=N–C) groups is 1. The first-order valence-corrected chi connectivity index (χ1v) is 9.29. The highest BCUT2D eigenvalue weighted by molar-refractivity contribution is 14.0. The summed E-state index contributed by atoms with van der Waals surface area (Å²) < 4.78 is 0. The van der Waals surface area contributed by atoms with Crippen LogP contribution >= 0.6 is 35.3 Å². The van der Waals surface area contributed by atoms with E-state index in [-0.39, 0.29) is 24.0 Å². The van der Waals surface area contributed by atoms with Gasteiger partial charge in [-0.25, -0.2) is 4.98 Å². The lowest BCUT2D eigenvalue weighted by molar-refractivity contribution is 0.476. The molecule has 0 amide bonds. The lowest BCUT2D eigenvalue weighted by atomic mass is 10.1. The van der Waals surface area contributed by atoms with Crippen LogP contribution in [0.5, 0.6) is 0 Å². The van der Waals surface area contributed by atoms with Crippen molar-refractivity contribution in [3.63, 3.8) is 0 Å². The van der Waals surface area contributed by atoms with E-state index in [1.807, 2.05) is 7.05 Å². The number of benzene rings is 1. The Morgan fingerprint density at radius 3 is 2.64 bits per heavy atom. The Morgan fingerprint density at radius 2 is 2.04 bits per heavy atom. The van der Waals surface area contributed by atoms with Crippen molar-refractivity contribution >= 4 is 41.3 Å². The zero-order valence-electron chi connectivity index (χ0n) is 15.7. The predicted molar refractivity (Wildman–Crippen MR) is 119 cm³/mol. The van der Waals surface area contributed by atoms with Gasteiger partial charge in [0.25, 0.3) is 0 Å². The van der Waals surface area contributed by atoms with Crippen molar-refractivity contribution in [2.75, 3.05) is 20.6 Å². The summed E-state index contributed by atoms with van der Waals surface area (Å²) in [6.07, 6.45) is 0.917. The highest BCUT2D eigenvalue weighted by atomic mass is 127. The first-order chi connectivity index (χ1) is 11.5. The van der Waals surface area contributed by atoms with E-state index in [4.69, 9.17) is 0 Å². The molecule has 1 aromatic heterocycles. The number of hydrogen-bond acceptors (Lipinski definition) is 3. The molecule has 0 bridgehead atoms. The van der Waals surface area contributed by atoms with E-state index in [0.29, 0.717) is 5.92 Å². The van der Waals surface area contributed by atoms with Crippen molar-refractivity contribution in [2.24, 2.45) is 4.99 Å². The van der Waals surface area contributed by atoms with Crippen LogP contribution in [0.25, 0.3) is 0 Å². The molecule has 0 saturated heterocycles. The molecule has 0 radical (unpaired) electrons. The molecule has 2 aromatic rings. The van der Waals surface area contributed by atoms with Crippen LogP contribution in [0, 0.1) is 6.92 Å². The molecule has 0 aliphatic carbocycles. The van der Waals surface area contributed by atoms with Crippen molar-refractivity contribution < 1.29 is 0 Å². The molecule has 0 spiro atoms. The number of guanidine groups is 1. The van der Waals surface area contributed by atoms with E-state index in [9.17, 15) is 0 Å². The van der Waals surface area contributed by atoms with Gasteiger partial charge in [0.2, 0.25) is 0 Å². The van der Waals surface area contributed by atoms with Crippen LogP contribution in [0.1, 0.15) is 41.6 Å². The second-order valence-electron chi connectivity index (χ2n) is 6.34. The molecule has 2 rings (SSSR count). The summed E-state index contributed by atoms with van der Waals surface area (Å²) in [6.45, 7) is 8.20. The molecule has 25 heavy (non-hydrogen) atoms.